The highest BCUT2D eigenvalue weighted by Crippen LogP contribution is 2.44. The van der Waals surface area contributed by atoms with E-state index in [-0.39, 0.29) is 5.91 Å². The largest absolute Gasteiger partial charge is 0.344 e. The number of carbonyl (C=O) groups excluding carboxylic acids is 1. The minimum Gasteiger partial charge on any atom is -0.344 e. The second-order valence-corrected chi connectivity index (χ2v) is 11.0. The molecule has 1 aliphatic carbocycles. The second kappa shape index (κ2) is 10.0. The molecule has 0 bridgehead atoms. The van der Waals surface area contributed by atoms with Crippen LogP contribution in [0.4, 0.5) is 11.6 Å². The molecule has 2 fully saturated rings. The van der Waals surface area contributed by atoms with Gasteiger partial charge in [-0.2, -0.15) is 0 Å². The first kappa shape index (κ1) is 23.2. The number of amides is 1. The van der Waals surface area contributed by atoms with Crippen LogP contribution in [0.15, 0.2) is 30.6 Å². The summed E-state index contributed by atoms with van der Waals surface area (Å²) in [6.45, 7) is 5.73. The molecule has 180 valence electrons. The molecule has 1 saturated heterocycles. The Hall–Kier alpha value is -2.51. The lowest BCUT2D eigenvalue weighted by Crippen LogP contribution is -2.32. The summed E-state index contributed by atoms with van der Waals surface area (Å²) >= 11 is 1.58. The highest BCUT2D eigenvalue weighted by molar-refractivity contribution is 7.21. The molecular formula is C27H35N5OS. The predicted molar refractivity (Wildman–Crippen MR) is 140 cm³/mol. The van der Waals surface area contributed by atoms with Crippen LogP contribution in [0.25, 0.3) is 10.1 Å². The van der Waals surface area contributed by atoms with Crippen molar-refractivity contribution in [2.75, 3.05) is 39.0 Å². The summed E-state index contributed by atoms with van der Waals surface area (Å²) in [6.07, 6.45) is 11.1. The number of carbonyl (C=O) groups is 1. The van der Waals surface area contributed by atoms with Gasteiger partial charge in [-0.1, -0.05) is 25.8 Å². The summed E-state index contributed by atoms with van der Waals surface area (Å²) in [4.78, 5) is 27.4. The van der Waals surface area contributed by atoms with Crippen molar-refractivity contribution in [3.63, 3.8) is 0 Å². The van der Waals surface area contributed by atoms with E-state index < -0.39 is 0 Å². The van der Waals surface area contributed by atoms with Crippen molar-refractivity contribution in [1.82, 2.24) is 19.8 Å². The highest BCUT2D eigenvalue weighted by atomic mass is 32.1. The van der Waals surface area contributed by atoms with Gasteiger partial charge < -0.3 is 15.1 Å². The molecule has 4 heterocycles. The first-order valence-corrected chi connectivity index (χ1v) is 13.4. The normalized spacial score (nSPS) is 18.0. The number of hydrogen-bond acceptors (Lipinski definition) is 6. The smallest absolute Gasteiger partial charge is 0.263 e. The summed E-state index contributed by atoms with van der Waals surface area (Å²) in [5.74, 6) is 2.75. The van der Waals surface area contributed by atoms with Crippen LogP contribution in [0.3, 0.4) is 0 Å². The predicted octanol–water partition coefficient (Wildman–Crippen LogP) is 5.99. The van der Waals surface area contributed by atoms with E-state index in [0.29, 0.717) is 11.8 Å². The number of pyridine rings is 2. The quantitative estimate of drug-likeness (QED) is 0.472. The Balaban J connectivity index is 1.38. The van der Waals surface area contributed by atoms with Crippen molar-refractivity contribution >= 4 is 39.0 Å². The van der Waals surface area contributed by atoms with Crippen LogP contribution in [0, 0.1) is 0 Å². The first-order chi connectivity index (χ1) is 16.5. The van der Waals surface area contributed by atoms with Crippen molar-refractivity contribution in [2.45, 2.75) is 57.3 Å². The molecule has 2 aliphatic rings. The summed E-state index contributed by atoms with van der Waals surface area (Å²) in [6, 6.07) is 6.39. The van der Waals surface area contributed by atoms with Crippen LogP contribution in [0.1, 0.15) is 78.1 Å². The third-order valence-corrected chi connectivity index (χ3v) is 8.67. The van der Waals surface area contributed by atoms with Gasteiger partial charge in [0.15, 0.2) is 0 Å². The fourth-order valence-corrected chi connectivity index (χ4v) is 6.77. The van der Waals surface area contributed by atoms with Crippen molar-refractivity contribution in [3.8, 4) is 0 Å². The van der Waals surface area contributed by atoms with Crippen LogP contribution in [0.2, 0.25) is 0 Å². The van der Waals surface area contributed by atoms with E-state index in [4.69, 9.17) is 4.98 Å². The van der Waals surface area contributed by atoms with Gasteiger partial charge in [0.1, 0.15) is 11.6 Å². The number of nitrogens with zero attached hydrogens (tertiary/aromatic N) is 4. The number of nitrogens with one attached hydrogen (secondary N) is 1. The van der Waals surface area contributed by atoms with Crippen LogP contribution in [-0.4, -0.2) is 59.4 Å². The Labute approximate surface area is 206 Å². The fraction of sp³-hybridized carbons (Fsp3) is 0.519. The Morgan fingerprint density at radius 2 is 1.79 bits per heavy atom. The van der Waals surface area contributed by atoms with Crippen molar-refractivity contribution in [3.05, 3.63) is 46.6 Å². The summed E-state index contributed by atoms with van der Waals surface area (Å²) in [5.41, 5.74) is 2.56. The van der Waals surface area contributed by atoms with E-state index >= 15 is 0 Å². The van der Waals surface area contributed by atoms with E-state index in [1.165, 1.54) is 55.3 Å². The molecule has 6 nitrogen and oxygen atoms in total. The molecule has 0 atom stereocenters. The van der Waals surface area contributed by atoms with Crippen LogP contribution < -0.4 is 5.32 Å². The molecule has 0 aromatic carbocycles. The molecule has 3 aromatic rings. The Morgan fingerprint density at radius 1 is 1.06 bits per heavy atom. The maximum atomic E-state index is 13.0. The van der Waals surface area contributed by atoms with Gasteiger partial charge in [-0.05, 0) is 80.4 Å². The summed E-state index contributed by atoms with van der Waals surface area (Å²) < 4.78 is 1.08. The number of anilines is 2. The van der Waals surface area contributed by atoms with Gasteiger partial charge in [0.25, 0.3) is 5.91 Å². The molecule has 0 radical (unpaired) electrons. The lowest BCUT2D eigenvalue weighted by Gasteiger charge is -2.31. The molecule has 1 saturated carbocycles. The van der Waals surface area contributed by atoms with Crippen molar-refractivity contribution in [2.24, 2.45) is 0 Å². The number of fused-ring (bicyclic) bond motifs is 1. The SMILES string of the molecule is CCN1CCC(c2ccc(Nc3cc4c(C5CCCC5)c(C(=O)N(C)C)sc4cn3)nc2)CC1. The first-order valence-electron chi connectivity index (χ1n) is 12.6. The standard InChI is InChI=1S/C27H35N5OS/c1-4-32-13-11-18(12-14-32)20-9-10-23(28-16-20)30-24-15-21-22(17-29-24)34-26(27(33)31(2)3)25(21)19-7-5-6-8-19/h9-10,15-19H,4-8,11-14H2,1-3H3,(H,28,29,30). The summed E-state index contributed by atoms with van der Waals surface area (Å²) in [5, 5.41) is 4.57. The zero-order chi connectivity index (χ0) is 23.7. The van der Waals surface area contributed by atoms with Gasteiger partial charge in [0.05, 0.1) is 9.58 Å². The average Bonchev–Trinajstić information content (AvgIpc) is 3.51. The fourth-order valence-electron chi connectivity index (χ4n) is 5.51. The van der Waals surface area contributed by atoms with Crippen LogP contribution in [0.5, 0.6) is 0 Å². The van der Waals surface area contributed by atoms with E-state index in [0.717, 1.165) is 40.6 Å². The Bertz CT molecular complexity index is 1140. The van der Waals surface area contributed by atoms with Crippen LogP contribution >= 0.6 is 11.3 Å². The van der Waals surface area contributed by atoms with E-state index in [1.54, 1.807) is 16.2 Å². The molecule has 3 aromatic heterocycles. The minimum atomic E-state index is 0.0969. The van der Waals surface area contributed by atoms with Gasteiger partial charge in [-0.15, -0.1) is 11.3 Å². The number of aromatic nitrogens is 2. The minimum absolute atomic E-state index is 0.0969. The van der Waals surface area contributed by atoms with Gasteiger partial charge in [-0.3, -0.25) is 4.79 Å². The Kier molecular flexibility index (Phi) is 6.84. The maximum absolute atomic E-state index is 13.0. The van der Waals surface area contributed by atoms with Gasteiger partial charge in [0, 0.05) is 31.9 Å². The van der Waals surface area contributed by atoms with Gasteiger partial charge in [0.2, 0.25) is 0 Å². The molecule has 1 amide bonds. The van der Waals surface area contributed by atoms with Crippen molar-refractivity contribution < 1.29 is 4.79 Å². The molecule has 1 aliphatic heterocycles. The molecule has 34 heavy (non-hydrogen) atoms. The molecule has 5 rings (SSSR count). The van der Waals surface area contributed by atoms with Gasteiger partial charge >= 0.3 is 0 Å². The maximum Gasteiger partial charge on any atom is 0.263 e. The monoisotopic (exact) mass is 477 g/mol. The van der Waals surface area contributed by atoms with E-state index in [9.17, 15) is 4.79 Å². The van der Waals surface area contributed by atoms with E-state index in [2.05, 4.69) is 40.3 Å². The van der Waals surface area contributed by atoms with Crippen molar-refractivity contribution in [1.29, 1.82) is 0 Å². The number of hydrogen-bond donors (Lipinski definition) is 1. The molecule has 0 unspecified atom stereocenters. The third-order valence-electron chi connectivity index (χ3n) is 7.53. The number of rotatable bonds is 6. The topological polar surface area (TPSA) is 61.4 Å². The zero-order valence-electron chi connectivity index (χ0n) is 20.5. The average molecular weight is 478 g/mol. The molecule has 0 spiro atoms. The highest BCUT2D eigenvalue weighted by Gasteiger charge is 2.28. The lowest BCUT2D eigenvalue weighted by molar-refractivity contribution is 0.0831. The summed E-state index contributed by atoms with van der Waals surface area (Å²) in [7, 11) is 3.66. The zero-order valence-corrected chi connectivity index (χ0v) is 21.3. The third kappa shape index (κ3) is 4.68. The molecular weight excluding hydrogens is 442 g/mol. The number of likely N-dealkylation sites (tertiary alicyclic amines) is 1. The lowest BCUT2D eigenvalue weighted by atomic mass is 9.90. The Morgan fingerprint density at radius 3 is 2.44 bits per heavy atom. The second-order valence-electron chi connectivity index (χ2n) is 9.90. The van der Waals surface area contributed by atoms with E-state index in [1.807, 2.05) is 26.5 Å². The number of piperidine rings is 1. The molecule has 1 N–H and O–H groups in total. The van der Waals surface area contributed by atoms with Crippen LogP contribution in [-0.2, 0) is 0 Å². The van der Waals surface area contributed by atoms with Gasteiger partial charge in [-0.25, -0.2) is 9.97 Å². The number of thiophene rings is 1. The molecule has 7 heteroatoms.